The fraction of sp³-hybridized carbons (Fsp3) is 0.0526. The van der Waals surface area contributed by atoms with Gasteiger partial charge in [-0.2, -0.15) is 8.42 Å². The molecule has 0 aliphatic carbocycles. The van der Waals surface area contributed by atoms with Crippen LogP contribution in [0.1, 0.15) is 16.7 Å². The Morgan fingerprint density at radius 1 is 0.724 bits per heavy atom. The third kappa shape index (κ3) is 3.65. The minimum Gasteiger partial charge on any atom is -0.508 e. The van der Waals surface area contributed by atoms with Gasteiger partial charge in [0.15, 0.2) is 4.75 Å². The lowest BCUT2D eigenvalue weighted by atomic mass is 9.83. The standard InChI is InChI=1S/C19H12Cl4O5S/c20-10-5-6-13(17(25)9-10)19(29(26,27)28,12-3-1-2-4-16(12)24)14-7-11(21)8-15(22)18(14)23/h1-9,24-25H,(H,26,27,28). The van der Waals surface area contributed by atoms with Gasteiger partial charge in [0.25, 0.3) is 10.1 Å². The van der Waals surface area contributed by atoms with Crippen LogP contribution in [0.5, 0.6) is 11.5 Å². The molecule has 0 amide bonds. The molecule has 3 aromatic carbocycles. The van der Waals surface area contributed by atoms with Crippen LogP contribution >= 0.6 is 46.4 Å². The van der Waals surface area contributed by atoms with Crippen LogP contribution < -0.4 is 0 Å². The fourth-order valence-corrected chi connectivity index (χ4v) is 5.54. The van der Waals surface area contributed by atoms with Gasteiger partial charge in [0, 0.05) is 26.7 Å². The van der Waals surface area contributed by atoms with Crippen LogP contribution in [-0.4, -0.2) is 23.2 Å². The maximum absolute atomic E-state index is 13.0. The van der Waals surface area contributed by atoms with Gasteiger partial charge in [-0.05, 0) is 30.3 Å². The molecule has 3 rings (SSSR count). The van der Waals surface area contributed by atoms with Crippen LogP contribution in [0.2, 0.25) is 20.1 Å². The van der Waals surface area contributed by atoms with Gasteiger partial charge in [0.2, 0.25) is 0 Å². The van der Waals surface area contributed by atoms with Gasteiger partial charge in [-0.1, -0.05) is 70.7 Å². The number of rotatable bonds is 4. The Bertz CT molecular complexity index is 1210. The van der Waals surface area contributed by atoms with E-state index in [4.69, 9.17) is 46.4 Å². The van der Waals surface area contributed by atoms with Gasteiger partial charge in [-0.3, -0.25) is 4.55 Å². The summed E-state index contributed by atoms with van der Waals surface area (Å²) in [6.45, 7) is 0. The van der Waals surface area contributed by atoms with E-state index in [-0.39, 0.29) is 36.8 Å². The molecule has 3 aromatic rings. The van der Waals surface area contributed by atoms with Gasteiger partial charge in [-0.15, -0.1) is 0 Å². The molecule has 152 valence electrons. The number of aromatic hydroxyl groups is 2. The van der Waals surface area contributed by atoms with E-state index in [0.29, 0.717) is 0 Å². The van der Waals surface area contributed by atoms with Crippen molar-refractivity contribution in [2.24, 2.45) is 0 Å². The number of para-hydroxylation sites is 1. The van der Waals surface area contributed by atoms with Crippen LogP contribution in [0.3, 0.4) is 0 Å². The largest absolute Gasteiger partial charge is 0.508 e. The Balaban J connectivity index is 2.66. The molecule has 0 fully saturated rings. The molecule has 0 bridgehead atoms. The van der Waals surface area contributed by atoms with Gasteiger partial charge in [-0.25, -0.2) is 0 Å². The zero-order valence-corrected chi connectivity index (χ0v) is 18.1. The summed E-state index contributed by atoms with van der Waals surface area (Å²) < 4.78 is 33.9. The zero-order valence-electron chi connectivity index (χ0n) is 14.3. The predicted molar refractivity (Wildman–Crippen MR) is 114 cm³/mol. The monoisotopic (exact) mass is 492 g/mol. The molecule has 1 unspecified atom stereocenters. The highest BCUT2D eigenvalue weighted by Crippen LogP contribution is 2.53. The first kappa shape index (κ1) is 22.0. The summed E-state index contributed by atoms with van der Waals surface area (Å²) in [6.07, 6.45) is 0. The molecule has 0 aliphatic heterocycles. The minimum atomic E-state index is -5.16. The predicted octanol–water partition coefficient (Wildman–Crippen LogP) is 5.89. The molecule has 1 atom stereocenters. The summed E-state index contributed by atoms with van der Waals surface area (Å²) in [4.78, 5) is 0. The number of phenolic OH excluding ortho intramolecular Hbond substituents is 2. The Morgan fingerprint density at radius 3 is 1.93 bits per heavy atom. The summed E-state index contributed by atoms with van der Waals surface area (Å²) in [7, 11) is -5.16. The van der Waals surface area contributed by atoms with E-state index in [1.165, 1.54) is 48.5 Å². The summed E-state index contributed by atoms with van der Waals surface area (Å²) >= 11 is 24.4. The first-order valence-electron chi connectivity index (χ1n) is 7.89. The van der Waals surface area contributed by atoms with Crippen molar-refractivity contribution in [2.45, 2.75) is 4.75 Å². The number of phenols is 2. The molecule has 0 radical (unpaired) electrons. The summed E-state index contributed by atoms with van der Waals surface area (Å²) in [5.41, 5.74) is -0.857. The van der Waals surface area contributed by atoms with Crippen LogP contribution in [0.4, 0.5) is 0 Å². The molecular weight excluding hydrogens is 482 g/mol. The SMILES string of the molecule is O=S(=O)(O)C(c1ccccc1O)(c1ccc(Cl)cc1O)c1cc(Cl)cc(Cl)c1Cl. The number of benzene rings is 3. The van der Waals surface area contributed by atoms with Gasteiger partial charge in [0.05, 0.1) is 10.0 Å². The lowest BCUT2D eigenvalue weighted by molar-refractivity contribution is 0.428. The average molecular weight is 494 g/mol. The van der Waals surface area contributed by atoms with Crippen molar-refractivity contribution in [3.05, 3.63) is 91.4 Å². The van der Waals surface area contributed by atoms with Crippen molar-refractivity contribution in [3.63, 3.8) is 0 Å². The molecule has 0 saturated carbocycles. The molecule has 0 saturated heterocycles. The highest BCUT2D eigenvalue weighted by molar-refractivity contribution is 7.87. The van der Waals surface area contributed by atoms with Crippen LogP contribution in [0, 0.1) is 0 Å². The molecule has 5 nitrogen and oxygen atoms in total. The number of hydrogen-bond acceptors (Lipinski definition) is 4. The first-order valence-corrected chi connectivity index (χ1v) is 10.8. The van der Waals surface area contributed by atoms with Crippen molar-refractivity contribution in [3.8, 4) is 11.5 Å². The van der Waals surface area contributed by atoms with Gasteiger partial charge < -0.3 is 10.2 Å². The maximum atomic E-state index is 13.0. The Labute approximate surface area is 186 Å². The first-order chi connectivity index (χ1) is 13.5. The van der Waals surface area contributed by atoms with Crippen molar-refractivity contribution in [2.75, 3.05) is 0 Å². The van der Waals surface area contributed by atoms with Crippen molar-refractivity contribution < 1.29 is 23.2 Å². The van der Waals surface area contributed by atoms with Crippen LogP contribution in [0.15, 0.2) is 54.6 Å². The van der Waals surface area contributed by atoms with E-state index in [1.807, 2.05) is 0 Å². The number of hydrogen-bond donors (Lipinski definition) is 3. The minimum absolute atomic E-state index is 0.0197. The maximum Gasteiger partial charge on any atom is 0.283 e. The van der Waals surface area contributed by atoms with E-state index in [2.05, 4.69) is 0 Å². The van der Waals surface area contributed by atoms with E-state index < -0.39 is 26.4 Å². The lowest BCUT2D eigenvalue weighted by Crippen LogP contribution is -2.38. The normalized spacial score (nSPS) is 13.8. The fourth-order valence-electron chi connectivity index (χ4n) is 3.24. The second kappa shape index (κ2) is 7.87. The molecule has 0 spiro atoms. The van der Waals surface area contributed by atoms with Crippen molar-refractivity contribution in [1.29, 1.82) is 0 Å². The molecule has 10 heteroatoms. The third-order valence-electron chi connectivity index (χ3n) is 4.38. The molecule has 0 aliphatic rings. The van der Waals surface area contributed by atoms with E-state index in [0.717, 1.165) is 6.07 Å². The van der Waals surface area contributed by atoms with E-state index in [9.17, 15) is 23.2 Å². The van der Waals surface area contributed by atoms with Crippen LogP contribution in [0.25, 0.3) is 0 Å². The van der Waals surface area contributed by atoms with E-state index >= 15 is 0 Å². The summed E-state index contributed by atoms with van der Waals surface area (Å²) in [6, 6.07) is 11.5. The Hall–Kier alpha value is -1.67. The highest BCUT2D eigenvalue weighted by Gasteiger charge is 2.53. The highest BCUT2D eigenvalue weighted by atomic mass is 35.5. The summed E-state index contributed by atoms with van der Waals surface area (Å²) in [5, 5.41) is 20.9. The zero-order chi connectivity index (χ0) is 21.6. The second-order valence-corrected chi connectivity index (χ2v) is 9.30. The summed E-state index contributed by atoms with van der Waals surface area (Å²) in [5.74, 6) is -1.04. The van der Waals surface area contributed by atoms with Gasteiger partial charge in [0.1, 0.15) is 11.5 Å². The van der Waals surface area contributed by atoms with E-state index in [1.54, 1.807) is 0 Å². The smallest absolute Gasteiger partial charge is 0.283 e. The Morgan fingerprint density at radius 2 is 1.34 bits per heavy atom. The molecule has 29 heavy (non-hydrogen) atoms. The third-order valence-corrected chi connectivity index (χ3v) is 7.07. The van der Waals surface area contributed by atoms with Crippen molar-refractivity contribution in [1.82, 2.24) is 0 Å². The van der Waals surface area contributed by atoms with Gasteiger partial charge >= 0.3 is 0 Å². The van der Waals surface area contributed by atoms with Crippen molar-refractivity contribution >= 4 is 56.5 Å². The quantitative estimate of drug-likeness (QED) is 0.239. The average Bonchev–Trinajstić information content (AvgIpc) is 2.61. The Kier molecular flexibility index (Phi) is 5.98. The molecule has 3 N–H and O–H groups in total. The second-order valence-electron chi connectivity index (χ2n) is 6.08. The number of halogens is 4. The molecule has 0 aromatic heterocycles. The lowest BCUT2D eigenvalue weighted by Gasteiger charge is -2.34. The topological polar surface area (TPSA) is 94.8 Å². The molecule has 0 heterocycles. The van der Waals surface area contributed by atoms with Crippen LogP contribution in [-0.2, 0) is 14.9 Å². The molecular formula is C19H12Cl4O5S.